The van der Waals surface area contributed by atoms with E-state index in [2.05, 4.69) is 0 Å². The van der Waals surface area contributed by atoms with Crippen LogP contribution in [0.1, 0.15) is 6.92 Å². The normalized spacial score (nSPS) is 9.30. The van der Waals surface area contributed by atoms with Crippen molar-refractivity contribution in [3.05, 3.63) is 24.3 Å². The maximum atomic E-state index is 5.23. The highest BCUT2D eigenvalue weighted by molar-refractivity contribution is 7.80. The van der Waals surface area contributed by atoms with Crippen LogP contribution in [0.15, 0.2) is 29.2 Å². The standard InChI is InChI=1S/C8H9OS/c1-2-9-7-5-3-4-6-8(7)10/h3-6H,2H2,1H3. The minimum Gasteiger partial charge on any atom is -0.492 e. The maximum absolute atomic E-state index is 5.23. The summed E-state index contributed by atoms with van der Waals surface area (Å²) in [5.74, 6) is 0.806. The molecule has 0 bridgehead atoms. The van der Waals surface area contributed by atoms with Crippen molar-refractivity contribution < 1.29 is 4.74 Å². The molecule has 1 rings (SSSR count). The number of hydrogen-bond donors (Lipinski definition) is 0. The first kappa shape index (κ1) is 7.35. The number of rotatable bonds is 2. The Bertz CT molecular complexity index is 210. The monoisotopic (exact) mass is 153 g/mol. The molecule has 0 heterocycles. The van der Waals surface area contributed by atoms with Gasteiger partial charge < -0.3 is 4.74 Å². The van der Waals surface area contributed by atoms with E-state index in [4.69, 9.17) is 17.4 Å². The zero-order valence-electron chi connectivity index (χ0n) is 5.83. The van der Waals surface area contributed by atoms with E-state index in [1.807, 2.05) is 31.2 Å². The average Bonchev–Trinajstić information content (AvgIpc) is 1.94. The van der Waals surface area contributed by atoms with Gasteiger partial charge in [-0.2, -0.15) is 0 Å². The summed E-state index contributed by atoms with van der Waals surface area (Å²) in [4.78, 5) is 0.782. The fourth-order valence-electron chi connectivity index (χ4n) is 0.725. The van der Waals surface area contributed by atoms with Gasteiger partial charge >= 0.3 is 0 Å². The second kappa shape index (κ2) is 3.42. The van der Waals surface area contributed by atoms with Gasteiger partial charge in [0.2, 0.25) is 0 Å². The molecule has 0 unspecified atom stereocenters. The Kier molecular flexibility index (Phi) is 2.51. The van der Waals surface area contributed by atoms with Gasteiger partial charge in [-0.05, 0) is 19.1 Å². The van der Waals surface area contributed by atoms with Crippen LogP contribution in [0, 0.1) is 0 Å². The Labute approximate surface area is 66.4 Å². The van der Waals surface area contributed by atoms with E-state index in [1.165, 1.54) is 0 Å². The molecule has 0 saturated carbocycles. The molecule has 10 heavy (non-hydrogen) atoms. The predicted octanol–water partition coefficient (Wildman–Crippen LogP) is 2.64. The highest BCUT2D eigenvalue weighted by atomic mass is 32.1. The third kappa shape index (κ3) is 1.61. The third-order valence-electron chi connectivity index (χ3n) is 1.15. The second-order valence-corrected chi connectivity index (χ2v) is 2.32. The zero-order valence-corrected chi connectivity index (χ0v) is 6.65. The Morgan fingerprint density at radius 1 is 1.40 bits per heavy atom. The van der Waals surface area contributed by atoms with Gasteiger partial charge in [-0.25, -0.2) is 0 Å². The van der Waals surface area contributed by atoms with Crippen LogP contribution in [0.3, 0.4) is 0 Å². The molecule has 1 radical (unpaired) electrons. The summed E-state index contributed by atoms with van der Waals surface area (Å²) in [6, 6.07) is 7.57. The van der Waals surface area contributed by atoms with Crippen molar-refractivity contribution in [3.8, 4) is 5.75 Å². The average molecular weight is 153 g/mol. The molecule has 53 valence electrons. The zero-order chi connectivity index (χ0) is 7.40. The van der Waals surface area contributed by atoms with Crippen molar-refractivity contribution in [2.75, 3.05) is 6.61 Å². The fourth-order valence-corrected chi connectivity index (χ4v) is 0.930. The lowest BCUT2D eigenvalue weighted by Gasteiger charge is -2.02. The van der Waals surface area contributed by atoms with E-state index in [0.717, 1.165) is 10.6 Å². The van der Waals surface area contributed by atoms with Gasteiger partial charge in [0, 0.05) is 0 Å². The molecule has 0 aliphatic rings. The lowest BCUT2D eigenvalue weighted by molar-refractivity contribution is 0.332. The van der Waals surface area contributed by atoms with Crippen LogP contribution in [0.4, 0.5) is 0 Å². The molecule has 1 aromatic rings. The summed E-state index contributed by atoms with van der Waals surface area (Å²) in [5, 5.41) is 0. The van der Waals surface area contributed by atoms with Crippen molar-refractivity contribution in [2.24, 2.45) is 0 Å². The van der Waals surface area contributed by atoms with Gasteiger partial charge in [-0.3, -0.25) is 0 Å². The highest BCUT2D eigenvalue weighted by Crippen LogP contribution is 2.20. The van der Waals surface area contributed by atoms with Crippen LogP contribution in [0.25, 0.3) is 0 Å². The van der Waals surface area contributed by atoms with Crippen molar-refractivity contribution in [1.29, 1.82) is 0 Å². The Balaban J connectivity index is 2.81. The topological polar surface area (TPSA) is 9.23 Å². The van der Waals surface area contributed by atoms with E-state index >= 15 is 0 Å². The molecular weight excluding hydrogens is 144 g/mol. The van der Waals surface area contributed by atoms with Gasteiger partial charge in [-0.1, -0.05) is 24.8 Å². The molecular formula is C8H9OS. The molecule has 0 saturated heterocycles. The Hall–Kier alpha value is -0.760. The van der Waals surface area contributed by atoms with Gasteiger partial charge in [0.25, 0.3) is 0 Å². The lowest BCUT2D eigenvalue weighted by atomic mass is 10.3. The first-order valence-corrected chi connectivity index (χ1v) is 3.64. The van der Waals surface area contributed by atoms with Crippen LogP contribution in [-0.2, 0) is 0 Å². The highest BCUT2D eigenvalue weighted by Gasteiger charge is 1.95. The number of para-hydroxylation sites is 1. The molecule has 0 fully saturated rings. The lowest BCUT2D eigenvalue weighted by Crippen LogP contribution is -1.91. The van der Waals surface area contributed by atoms with E-state index in [1.54, 1.807) is 0 Å². The molecule has 0 aromatic heterocycles. The van der Waals surface area contributed by atoms with E-state index in [-0.39, 0.29) is 0 Å². The second-order valence-electron chi connectivity index (χ2n) is 1.88. The van der Waals surface area contributed by atoms with Crippen molar-refractivity contribution in [1.82, 2.24) is 0 Å². The first-order valence-electron chi connectivity index (χ1n) is 3.23. The van der Waals surface area contributed by atoms with E-state index < -0.39 is 0 Å². The molecule has 0 aliphatic carbocycles. The summed E-state index contributed by atoms with van der Waals surface area (Å²) < 4.78 is 5.23. The van der Waals surface area contributed by atoms with Gasteiger partial charge in [0.1, 0.15) is 5.75 Å². The van der Waals surface area contributed by atoms with Crippen LogP contribution < -0.4 is 4.74 Å². The van der Waals surface area contributed by atoms with E-state index in [0.29, 0.717) is 6.61 Å². The number of benzene rings is 1. The molecule has 0 atom stereocenters. The quantitative estimate of drug-likeness (QED) is 0.634. The summed E-state index contributed by atoms with van der Waals surface area (Å²) in [5.41, 5.74) is 0. The van der Waals surface area contributed by atoms with Gasteiger partial charge in [0.05, 0.1) is 11.5 Å². The minimum absolute atomic E-state index is 0.674. The van der Waals surface area contributed by atoms with Crippen molar-refractivity contribution in [2.45, 2.75) is 11.8 Å². The Morgan fingerprint density at radius 3 is 2.70 bits per heavy atom. The summed E-state index contributed by atoms with van der Waals surface area (Å²) >= 11 is 4.99. The van der Waals surface area contributed by atoms with Crippen LogP contribution in [-0.4, -0.2) is 6.61 Å². The third-order valence-corrected chi connectivity index (χ3v) is 1.49. The summed E-state index contributed by atoms with van der Waals surface area (Å²) in [6.45, 7) is 2.62. The molecule has 2 heteroatoms. The fraction of sp³-hybridized carbons (Fsp3) is 0.250. The van der Waals surface area contributed by atoms with Crippen molar-refractivity contribution in [3.63, 3.8) is 0 Å². The van der Waals surface area contributed by atoms with Crippen molar-refractivity contribution >= 4 is 12.6 Å². The number of hydrogen-bond acceptors (Lipinski definition) is 1. The minimum atomic E-state index is 0.674. The van der Waals surface area contributed by atoms with Crippen LogP contribution in [0.5, 0.6) is 5.75 Å². The predicted molar refractivity (Wildman–Crippen MR) is 43.5 cm³/mol. The maximum Gasteiger partial charge on any atom is 0.137 e. The van der Waals surface area contributed by atoms with Gasteiger partial charge in [-0.15, -0.1) is 0 Å². The van der Waals surface area contributed by atoms with Crippen LogP contribution >= 0.6 is 12.6 Å². The molecule has 1 aromatic carbocycles. The molecule has 0 aliphatic heterocycles. The largest absolute Gasteiger partial charge is 0.492 e. The van der Waals surface area contributed by atoms with E-state index in [9.17, 15) is 0 Å². The summed E-state index contributed by atoms with van der Waals surface area (Å²) in [7, 11) is 0. The SMILES string of the molecule is CCOc1ccccc1[S]. The molecule has 1 nitrogen and oxygen atoms in total. The van der Waals surface area contributed by atoms with Gasteiger partial charge in [0.15, 0.2) is 0 Å². The smallest absolute Gasteiger partial charge is 0.137 e. The summed E-state index contributed by atoms with van der Waals surface area (Å²) in [6.07, 6.45) is 0. The van der Waals surface area contributed by atoms with Crippen LogP contribution in [0.2, 0.25) is 0 Å². The Morgan fingerprint density at radius 2 is 2.10 bits per heavy atom. The molecule has 0 spiro atoms. The number of ether oxygens (including phenoxy) is 1. The molecule has 0 N–H and O–H groups in total. The first-order chi connectivity index (χ1) is 4.84. The molecule has 0 amide bonds.